The van der Waals surface area contributed by atoms with Crippen molar-refractivity contribution in [3.63, 3.8) is 0 Å². The van der Waals surface area contributed by atoms with Gasteiger partial charge in [-0.15, -0.1) is 13.2 Å². The van der Waals surface area contributed by atoms with Crippen LogP contribution in [0.25, 0.3) is 0 Å². The Balaban J connectivity index is 1.97. The lowest BCUT2D eigenvalue weighted by Crippen LogP contribution is -2.17. The second-order valence-corrected chi connectivity index (χ2v) is 5.50. The van der Waals surface area contributed by atoms with E-state index in [0.717, 1.165) is 0 Å². The van der Waals surface area contributed by atoms with Crippen LogP contribution in [0.4, 0.5) is 24.5 Å². The number of hydrogen-bond acceptors (Lipinski definition) is 4. The first kappa shape index (κ1) is 14.6. The number of rotatable bonds is 2. The number of anilines is 2. The number of para-hydroxylation sites is 1. The van der Waals surface area contributed by atoms with Gasteiger partial charge in [0.1, 0.15) is 5.75 Å². The molecule has 0 amide bonds. The van der Waals surface area contributed by atoms with Crippen molar-refractivity contribution in [2.24, 2.45) is 0 Å². The zero-order chi connectivity index (χ0) is 15.9. The number of alkyl halides is 3. The molecule has 22 heavy (non-hydrogen) atoms. The highest BCUT2D eigenvalue weighted by Gasteiger charge is 2.31. The van der Waals surface area contributed by atoms with Crippen LogP contribution in [0, 0.1) is 0 Å². The molecule has 3 rings (SSSR count). The number of nitrogens with one attached hydrogen (secondary N) is 1. The molecule has 1 aliphatic heterocycles. The van der Waals surface area contributed by atoms with Gasteiger partial charge < -0.3 is 15.2 Å². The summed E-state index contributed by atoms with van der Waals surface area (Å²) in [5, 5.41) is 12.1. The largest absolute Gasteiger partial charge is 0.573 e. The number of carbonyl (C=O) groups is 1. The monoisotopic (exact) mass is 327 g/mol. The SMILES string of the molecule is O=C(O)c1cccc2c1Nc1ccc(OC(F)(F)F)cc1S2. The molecule has 0 aromatic heterocycles. The van der Waals surface area contributed by atoms with Crippen LogP contribution in [0.3, 0.4) is 0 Å². The van der Waals surface area contributed by atoms with Gasteiger partial charge in [0.25, 0.3) is 0 Å². The molecule has 1 aliphatic rings. The van der Waals surface area contributed by atoms with Crippen molar-refractivity contribution < 1.29 is 27.8 Å². The normalized spacial score (nSPS) is 12.9. The second kappa shape index (κ2) is 5.13. The van der Waals surface area contributed by atoms with E-state index in [4.69, 9.17) is 5.11 Å². The first-order valence-corrected chi connectivity index (χ1v) is 6.86. The van der Waals surface area contributed by atoms with Crippen molar-refractivity contribution in [3.8, 4) is 5.75 Å². The third-order valence-electron chi connectivity index (χ3n) is 2.92. The van der Waals surface area contributed by atoms with Crippen LogP contribution in [0.15, 0.2) is 46.2 Å². The topological polar surface area (TPSA) is 58.6 Å². The molecule has 114 valence electrons. The van der Waals surface area contributed by atoms with Crippen LogP contribution in [0.2, 0.25) is 0 Å². The van der Waals surface area contributed by atoms with Gasteiger partial charge in [0.05, 0.1) is 16.9 Å². The average Bonchev–Trinajstić information content (AvgIpc) is 2.42. The molecule has 0 saturated heterocycles. The predicted molar refractivity (Wildman–Crippen MR) is 73.9 cm³/mol. The van der Waals surface area contributed by atoms with Gasteiger partial charge >= 0.3 is 12.3 Å². The van der Waals surface area contributed by atoms with Crippen molar-refractivity contribution in [1.82, 2.24) is 0 Å². The fourth-order valence-corrected chi connectivity index (χ4v) is 3.11. The number of carboxylic acids is 1. The van der Waals surface area contributed by atoms with Crippen molar-refractivity contribution in [1.29, 1.82) is 0 Å². The van der Waals surface area contributed by atoms with Gasteiger partial charge in [-0.05, 0) is 30.3 Å². The third-order valence-corrected chi connectivity index (χ3v) is 4.04. The molecule has 0 radical (unpaired) electrons. The summed E-state index contributed by atoms with van der Waals surface area (Å²) in [6.45, 7) is 0. The molecule has 8 heteroatoms. The lowest BCUT2D eigenvalue weighted by atomic mass is 10.1. The lowest BCUT2D eigenvalue weighted by Gasteiger charge is -2.22. The zero-order valence-electron chi connectivity index (χ0n) is 10.8. The summed E-state index contributed by atoms with van der Waals surface area (Å²) in [5.41, 5.74) is 1.06. The fraction of sp³-hybridized carbons (Fsp3) is 0.0714. The maximum atomic E-state index is 12.2. The second-order valence-electron chi connectivity index (χ2n) is 4.42. The Morgan fingerprint density at radius 3 is 2.64 bits per heavy atom. The third kappa shape index (κ3) is 2.82. The van der Waals surface area contributed by atoms with Crippen molar-refractivity contribution >= 4 is 29.1 Å². The number of aromatic carboxylic acids is 1. The molecule has 0 atom stereocenters. The summed E-state index contributed by atoms with van der Waals surface area (Å²) in [6, 6.07) is 8.59. The lowest BCUT2D eigenvalue weighted by molar-refractivity contribution is -0.274. The smallest absolute Gasteiger partial charge is 0.478 e. The number of fused-ring (bicyclic) bond motifs is 2. The van der Waals surface area contributed by atoms with Crippen LogP contribution >= 0.6 is 11.8 Å². The summed E-state index contributed by atoms with van der Waals surface area (Å²) >= 11 is 1.18. The van der Waals surface area contributed by atoms with Gasteiger partial charge in [-0.2, -0.15) is 0 Å². The van der Waals surface area contributed by atoms with Crippen LogP contribution in [0.5, 0.6) is 5.75 Å². The summed E-state index contributed by atoms with van der Waals surface area (Å²) in [7, 11) is 0. The Bertz CT molecular complexity index is 761. The Morgan fingerprint density at radius 1 is 1.18 bits per heavy atom. The van der Waals surface area contributed by atoms with E-state index in [2.05, 4.69) is 10.1 Å². The zero-order valence-corrected chi connectivity index (χ0v) is 11.6. The highest BCUT2D eigenvalue weighted by Crippen LogP contribution is 2.46. The Kier molecular flexibility index (Phi) is 3.40. The minimum absolute atomic E-state index is 0.103. The van der Waals surface area contributed by atoms with Crippen LogP contribution in [0.1, 0.15) is 10.4 Å². The van der Waals surface area contributed by atoms with Gasteiger partial charge in [-0.1, -0.05) is 17.8 Å². The first-order chi connectivity index (χ1) is 10.3. The highest BCUT2D eigenvalue weighted by atomic mass is 32.2. The van der Waals surface area contributed by atoms with E-state index in [1.54, 1.807) is 12.1 Å². The van der Waals surface area contributed by atoms with Crippen LogP contribution in [-0.2, 0) is 0 Å². The fourth-order valence-electron chi connectivity index (χ4n) is 2.06. The molecule has 0 aliphatic carbocycles. The summed E-state index contributed by atoms with van der Waals surface area (Å²) < 4.78 is 40.6. The minimum Gasteiger partial charge on any atom is -0.478 e. The molecule has 0 unspecified atom stereocenters. The van der Waals surface area contributed by atoms with E-state index in [9.17, 15) is 18.0 Å². The standard InChI is InChI=1S/C14H8F3NO3S/c15-14(16,17)21-7-4-5-9-11(6-7)22-10-3-1-2-8(13(19)20)12(10)18-9/h1-6,18H,(H,19,20). The van der Waals surface area contributed by atoms with E-state index in [0.29, 0.717) is 21.2 Å². The number of carboxylic acid groups (broad SMARTS) is 1. The molecule has 0 bridgehead atoms. The Labute approximate surface area is 126 Å². The summed E-state index contributed by atoms with van der Waals surface area (Å²) in [4.78, 5) is 12.3. The van der Waals surface area contributed by atoms with Gasteiger partial charge in [-0.25, -0.2) is 4.79 Å². The molecule has 4 nitrogen and oxygen atoms in total. The van der Waals surface area contributed by atoms with E-state index < -0.39 is 12.3 Å². The first-order valence-electron chi connectivity index (χ1n) is 6.04. The quantitative estimate of drug-likeness (QED) is 0.726. The van der Waals surface area contributed by atoms with Gasteiger partial charge in [0.2, 0.25) is 0 Å². The van der Waals surface area contributed by atoms with E-state index in [-0.39, 0.29) is 11.3 Å². The van der Waals surface area contributed by atoms with Crippen molar-refractivity contribution in [2.75, 3.05) is 5.32 Å². The minimum atomic E-state index is -4.75. The summed E-state index contributed by atoms with van der Waals surface area (Å²) in [6.07, 6.45) is -4.75. The van der Waals surface area contributed by atoms with Gasteiger partial charge in [0.15, 0.2) is 0 Å². The highest BCUT2D eigenvalue weighted by molar-refractivity contribution is 7.99. The molecule has 1 heterocycles. The number of benzene rings is 2. The maximum absolute atomic E-state index is 12.2. The molecule has 0 saturated carbocycles. The average molecular weight is 327 g/mol. The maximum Gasteiger partial charge on any atom is 0.573 e. The Hall–Kier alpha value is -2.35. The molecule has 2 aromatic carbocycles. The van der Waals surface area contributed by atoms with Gasteiger partial charge in [0, 0.05) is 9.79 Å². The van der Waals surface area contributed by atoms with E-state index in [1.807, 2.05) is 0 Å². The number of halogens is 3. The number of hydrogen-bond donors (Lipinski definition) is 2. The van der Waals surface area contributed by atoms with Crippen LogP contribution in [-0.4, -0.2) is 17.4 Å². The van der Waals surface area contributed by atoms with Crippen LogP contribution < -0.4 is 10.1 Å². The predicted octanol–water partition coefficient (Wildman–Crippen LogP) is 4.49. The Morgan fingerprint density at radius 2 is 1.95 bits per heavy atom. The molecule has 0 spiro atoms. The summed E-state index contributed by atoms with van der Waals surface area (Å²) in [5.74, 6) is -1.40. The van der Waals surface area contributed by atoms with E-state index in [1.165, 1.54) is 36.0 Å². The molecular weight excluding hydrogens is 319 g/mol. The van der Waals surface area contributed by atoms with Crippen molar-refractivity contribution in [3.05, 3.63) is 42.0 Å². The number of ether oxygens (including phenoxy) is 1. The molecular formula is C14H8F3NO3S. The molecule has 0 fully saturated rings. The molecule has 2 aromatic rings. The van der Waals surface area contributed by atoms with Gasteiger partial charge in [-0.3, -0.25) is 0 Å². The van der Waals surface area contributed by atoms with Crippen molar-refractivity contribution in [2.45, 2.75) is 16.2 Å². The molecule has 2 N–H and O–H groups in total. The van der Waals surface area contributed by atoms with E-state index >= 15 is 0 Å².